The van der Waals surface area contributed by atoms with Crippen molar-refractivity contribution in [2.24, 2.45) is 0 Å². The highest BCUT2D eigenvalue weighted by atomic mass is 16.5. The average Bonchev–Trinajstić information content (AvgIpc) is 2.48. The first-order chi connectivity index (χ1) is 10.0. The van der Waals surface area contributed by atoms with Crippen molar-refractivity contribution in [2.75, 3.05) is 13.2 Å². The van der Waals surface area contributed by atoms with Crippen molar-refractivity contribution in [1.82, 2.24) is 5.32 Å². The van der Waals surface area contributed by atoms with Gasteiger partial charge in [-0.15, -0.1) is 0 Å². The quantitative estimate of drug-likeness (QED) is 0.727. The number of rotatable bonds is 9. The SMILES string of the molecule is CCNC(Cc1c(C)cccc1C)C(CC)(CC)OCC. The fourth-order valence-corrected chi connectivity index (χ4v) is 3.40. The average molecular weight is 291 g/mol. The molecular formula is C19H33NO. The number of hydrogen-bond acceptors (Lipinski definition) is 2. The monoisotopic (exact) mass is 291 g/mol. The van der Waals surface area contributed by atoms with E-state index in [2.05, 4.69) is 65.1 Å². The highest BCUT2D eigenvalue weighted by Crippen LogP contribution is 2.29. The Balaban J connectivity index is 3.10. The molecule has 0 radical (unpaired) electrons. The van der Waals surface area contributed by atoms with E-state index in [-0.39, 0.29) is 5.60 Å². The topological polar surface area (TPSA) is 21.3 Å². The first-order valence-electron chi connectivity index (χ1n) is 8.47. The minimum Gasteiger partial charge on any atom is -0.374 e. The summed E-state index contributed by atoms with van der Waals surface area (Å²) in [6, 6.07) is 6.93. The van der Waals surface area contributed by atoms with Crippen LogP contribution in [0.15, 0.2) is 18.2 Å². The Morgan fingerprint density at radius 3 is 2.05 bits per heavy atom. The molecule has 0 bridgehead atoms. The van der Waals surface area contributed by atoms with Gasteiger partial charge in [0.05, 0.1) is 5.60 Å². The summed E-state index contributed by atoms with van der Waals surface area (Å²) in [5.74, 6) is 0. The second kappa shape index (κ2) is 8.55. The molecule has 21 heavy (non-hydrogen) atoms. The van der Waals surface area contributed by atoms with Gasteiger partial charge in [-0.1, -0.05) is 39.0 Å². The van der Waals surface area contributed by atoms with Gasteiger partial charge in [-0.25, -0.2) is 0 Å². The second-order valence-electron chi connectivity index (χ2n) is 5.89. The lowest BCUT2D eigenvalue weighted by molar-refractivity contribution is -0.0716. The first-order valence-corrected chi connectivity index (χ1v) is 8.47. The van der Waals surface area contributed by atoms with Crippen molar-refractivity contribution in [3.8, 4) is 0 Å². The Hall–Kier alpha value is -0.860. The van der Waals surface area contributed by atoms with Gasteiger partial charge < -0.3 is 10.1 Å². The lowest BCUT2D eigenvalue weighted by Crippen LogP contribution is -2.53. The summed E-state index contributed by atoms with van der Waals surface area (Å²) >= 11 is 0. The predicted octanol–water partition coefficient (Wildman–Crippen LogP) is 4.42. The van der Waals surface area contributed by atoms with Crippen LogP contribution in [0.2, 0.25) is 0 Å². The van der Waals surface area contributed by atoms with Crippen LogP contribution in [0.5, 0.6) is 0 Å². The van der Waals surface area contributed by atoms with Crippen LogP contribution >= 0.6 is 0 Å². The van der Waals surface area contributed by atoms with Crippen LogP contribution in [-0.4, -0.2) is 24.8 Å². The molecule has 1 rings (SSSR count). The maximum atomic E-state index is 6.23. The first kappa shape index (κ1) is 18.2. The minimum atomic E-state index is -0.0700. The van der Waals surface area contributed by atoms with Crippen LogP contribution in [0.25, 0.3) is 0 Å². The van der Waals surface area contributed by atoms with Gasteiger partial charge in [-0.05, 0) is 63.3 Å². The normalized spacial score (nSPS) is 13.4. The molecule has 0 saturated carbocycles. The standard InChI is InChI=1S/C19H33NO/c1-7-19(8-2,21-10-4)18(20-9-3)14-17-15(5)12-11-13-16(17)6/h11-13,18,20H,7-10,14H2,1-6H3. The molecule has 120 valence electrons. The largest absolute Gasteiger partial charge is 0.374 e. The zero-order valence-corrected chi connectivity index (χ0v) is 14.8. The van der Waals surface area contributed by atoms with Gasteiger partial charge >= 0.3 is 0 Å². The fraction of sp³-hybridized carbons (Fsp3) is 0.684. The van der Waals surface area contributed by atoms with Crippen molar-refractivity contribution in [2.45, 2.75) is 72.4 Å². The lowest BCUT2D eigenvalue weighted by atomic mass is 9.82. The number of ether oxygens (including phenoxy) is 1. The summed E-state index contributed by atoms with van der Waals surface area (Å²) in [5.41, 5.74) is 4.17. The third-order valence-electron chi connectivity index (χ3n) is 4.77. The Labute approximate surface area is 131 Å². The highest BCUT2D eigenvalue weighted by Gasteiger charge is 2.36. The molecule has 2 nitrogen and oxygen atoms in total. The fourth-order valence-electron chi connectivity index (χ4n) is 3.40. The minimum absolute atomic E-state index is 0.0700. The van der Waals surface area contributed by atoms with Crippen molar-refractivity contribution in [3.05, 3.63) is 34.9 Å². The summed E-state index contributed by atoms with van der Waals surface area (Å²) in [7, 11) is 0. The Morgan fingerprint density at radius 1 is 1.05 bits per heavy atom. The molecule has 0 aromatic heterocycles. The third kappa shape index (κ3) is 4.31. The molecule has 1 aromatic carbocycles. The van der Waals surface area contributed by atoms with E-state index in [1.165, 1.54) is 16.7 Å². The van der Waals surface area contributed by atoms with Crippen LogP contribution in [0.3, 0.4) is 0 Å². The van der Waals surface area contributed by atoms with Gasteiger partial charge in [-0.2, -0.15) is 0 Å². The Bertz CT molecular complexity index is 403. The Kier molecular flexibility index (Phi) is 7.41. The second-order valence-corrected chi connectivity index (χ2v) is 5.89. The maximum Gasteiger partial charge on any atom is 0.0832 e. The molecule has 1 unspecified atom stereocenters. The van der Waals surface area contributed by atoms with Gasteiger partial charge in [0.2, 0.25) is 0 Å². The van der Waals surface area contributed by atoms with Gasteiger partial charge in [0.1, 0.15) is 0 Å². The lowest BCUT2D eigenvalue weighted by Gasteiger charge is -2.40. The summed E-state index contributed by atoms with van der Waals surface area (Å²) in [6.07, 6.45) is 3.12. The van der Waals surface area contributed by atoms with Crippen molar-refractivity contribution in [3.63, 3.8) is 0 Å². The van der Waals surface area contributed by atoms with Crippen molar-refractivity contribution in [1.29, 1.82) is 0 Å². The van der Waals surface area contributed by atoms with Crippen LogP contribution < -0.4 is 5.32 Å². The highest BCUT2D eigenvalue weighted by molar-refractivity contribution is 5.34. The molecule has 0 aliphatic heterocycles. The summed E-state index contributed by atoms with van der Waals surface area (Å²) in [6.45, 7) is 14.9. The summed E-state index contributed by atoms with van der Waals surface area (Å²) in [4.78, 5) is 0. The van der Waals surface area contributed by atoms with E-state index in [9.17, 15) is 0 Å². The maximum absolute atomic E-state index is 6.23. The zero-order valence-electron chi connectivity index (χ0n) is 14.8. The van der Waals surface area contributed by atoms with Crippen LogP contribution in [0.4, 0.5) is 0 Å². The summed E-state index contributed by atoms with van der Waals surface area (Å²) < 4.78 is 6.23. The van der Waals surface area contributed by atoms with Gasteiger partial charge in [0, 0.05) is 12.6 Å². The number of benzene rings is 1. The van der Waals surface area contributed by atoms with E-state index in [1.54, 1.807) is 0 Å². The number of nitrogens with one attached hydrogen (secondary N) is 1. The molecule has 0 aliphatic rings. The molecule has 1 N–H and O–H groups in total. The molecule has 2 heteroatoms. The molecule has 1 atom stereocenters. The number of likely N-dealkylation sites (N-methyl/N-ethyl adjacent to an activating group) is 1. The molecule has 0 heterocycles. The summed E-state index contributed by atoms with van der Waals surface area (Å²) in [5, 5.41) is 3.69. The third-order valence-corrected chi connectivity index (χ3v) is 4.77. The van der Waals surface area contributed by atoms with Gasteiger partial charge in [0.15, 0.2) is 0 Å². The van der Waals surface area contributed by atoms with E-state index in [0.29, 0.717) is 6.04 Å². The van der Waals surface area contributed by atoms with Crippen LogP contribution in [0.1, 0.15) is 57.2 Å². The van der Waals surface area contributed by atoms with Crippen molar-refractivity contribution < 1.29 is 4.74 Å². The molecule has 0 spiro atoms. The van der Waals surface area contributed by atoms with E-state index >= 15 is 0 Å². The van der Waals surface area contributed by atoms with Crippen molar-refractivity contribution >= 4 is 0 Å². The van der Waals surface area contributed by atoms with Crippen LogP contribution in [0, 0.1) is 13.8 Å². The smallest absolute Gasteiger partial charge is 0.0832 e. The number of aryl methyl sites for hydroxylation is 2. The Morgan fingerprint density at radius 2 is 1.62 bits per heavy atom. The molecule has 0 aliphatic carbocycles. The van der Waals surface area contributed by atoms with E-state index in [4.69, 9.17) is 4.74 Å². The molecular weight excluding hydrogens is 258 g/mol. The van der Waals surface area contributed by atoms with Crippen LogP contribution in [-0.2, 0) is 11.2 Å². The van der Waals surface area contributed by atoms with E-state index in [0.717, 1.165) is 32.4 Å². The predicted molar refractivity (Wildman–Crippen MR) is 92.0 cm³/mol. The molecule has 0 saturated heterocycles. The number of hydrogen-bond donors (Lipinski definition) is 1. The van der Waals surface area contributed by atoms with E-state index < -0.39 is 0 Å². The van der Waals surface area contributed by atoms with Gasteiger partial charge in [0.25, 0.3) is 0 Å². The van der Waals surface area contributed by atoms with Gasteiger partial charge in [-0.3, -0.25) is 0 Å². The zero-order chi connectivity index (χ0) is 15.9. The molecule has 1 aromatic rings. The molecule has 0 fully saturated rings. The molecule has 0 amide bonds. The van der Waals surface area contributed by atoms with E-state index in [1.807, 2.05) is 0 Å².